The van der Waals surface area contributed by atoms with Crippen LogP contribution in [-0.2, 0) is 30.9 Å². The van der Waals surface area contributed by atoms with Gasteiger partial charge in [-0.3, -0.25) is 0 Å². The van der Waals surface area contributed by atoms with Crippen molar-refractivity contribution in [3.8, 4) is 73.2 Å². The summed E-state index contributed by atoms with van der Waals surface area (Å²) < 4.78 is 248. The molecule has 10 rings (SSSR count). The Hall–Kier alpha value is -8.95. The maximum atomic E-state index is 14.8. The Labute approximate surface area is 452 Å². The lowest BCUT2D eigenvalue weighted by Crippen LogP contribution is -2.12. The molecule has 2 aromatic heterocycles. The zero-order chi connectivity index (χ0) is 59.5. The summed E-state index contributed by atoms with van der Waals surface area (Å²) in [6, 6.07) is 35.5. The van der Waals surface area contributed by atoms with E-state index in [1.807, 2.05) is 0 Å². The topological polar surface area (TPSA) is 43.6 Å². The minimum Gasteiger partial charge on any atom is -0.308 e. The minimum atomic E-state index is -5.33. The molecule has 0 amide bonds. The fourth-order valence-electron chi connectivity index (χ4n) is 8.89. The number of aromatic nitrogens is 4. The molecule has 0 bridgehead atoms. The van der Waals surface area contributed by atoms with E-state index in [4.69, 9.17) is 15.0 Å². The molecule has 0 spiro atoms. The second-order valence-corrected chi connectivity index (χ2v) is 18.4. The van der Waals surface area contributed by atoms with Crippen molar-refractivity contribution < 1.29 is 79.0 Å². The molecule has 0 aliphatic heterocycles. The van der Waals surface area contributed by atoms with Crippen LogP contribution in [0.5, 0.6) is 0 Å². The lowest BCUT2D eigenvalue weighted by atomic mass is 9.95. The van der Waals surface area contributed by atoms with E-state index >= 15 is 0 Å². The Bertz CT molecular complexity index is 3830. The molecule has 0 saturated heterocycles. The number of hydrogen-bond donors (Lipinski definition) is 0. The number of hydrogen-bond acceptors (Lipinski definition) is 3. The van der Waals surface area contributed by atoms with Crippen LogP contribution in [0.25, 0.3) is 95.0 Å². The third-order valence-electron chi connectivity index (χ3n) is 12.9. The quantitative estimate of drug-likeness (QED) is 0.118. The highest BCUT2D eigenvalue weighted by molar-refractivity contribution is 6.12. The number of alkyl halides is 18. The Kier molecular flexibility index (Phi) is 14.9. The van der Waals surface area contributed by atoms with E-state index < -0.39 is 81.6 Å². The summed E-state index contributed by atoms with van der Waals surface area (Å²) in [6.07, 6.45) is -29.9. The molecule has 8 aromatic carbocycles. The largest absolute Gasteiger partial charge is 0.417 e. The highest BCUT2D eigenvalue weighted by Gasteiger charge is 2.40. The molecule has 22 heteroatoms. The summed E-state index contributed by atoms with van der Waals surface area (Å²) in [5.41, 5.74) is -8.52. The molecule has 82 heavy (non-hydrogen) atoms. The van der Waals surface area contributed by atoms with Gasteiger partial charge >= 0.3 is 37.1 Å². The Morgan fingerprint density at radius 3 is 1.07 bits per heavy atom. The third kappa shape index (κ3) is 12.1. The van der Waals surface area contributed by atoms with Crippen molar-refractivity contribution in [1.29, 1.82) is 0 Å². The molecular weight excluding hydrogens is 1120 g/mol. The first kappa shape index (κ1) is 57.7. The summed E-state index contributed by atoms with van der Waals surface area (Å²) in [5.74, 6) is 0.240. The van der Waals surface area contributed by atoms with E-state index in [-0.39, 0.29) is 84.9 Å². The van der Waals surface area contributed by atoms with E-state index in [2.05, 4.69) is 6.58 Å². The molecule has 0 saturated carbocycles. The van der Waals surface area contributed by atoms with Crippen LogP contribution in [0.3, 0.4) is 0 Å². The van der Waals surface area contributed by atoms with Crippen LogP contribution >= 0.6 is 0 Å². The molecule has 0 radical (unpaired) electrons. The van der Waals surface area contributed by atoms with Crippen molar-refractivity contribution in [2.75, 3.05) is 0 Å². The van der Waals surface area contributed by atoms with Gasteiger partial charge in [-0.1, -0.05) is 122 Å². The van der Waals surface area contributed by atoms with Gasteiger partial charge in [0.05, 0.1) is 44.5 Å². The van der Waals surface area contributed by atoms with Gasteiger partial charge in [-0.2, -0.15) is 79.0 Å². The predicted octanol–water partition coefficient (Wildman–Crippen LogP) is 20.2. The van der Waals surface area contributed by atoms with E-state index in [9.17, 15) is 79.0 Å². The minimum absolute atomic E-state index is 0.00239. The lowest BCUT2D eigenvalue weighted by molar-refractivity contribution is -0.144. The van der Waals surface area contributed by atoms with E-state index in [0.717, 1.165) is 19.1 Å². The van der Waals surface area contributed by atoms with Gasteiger partial charge in [-0.15, -0.1) is 0 Å². The zero-order valence-electron chi connectivity index (χ0n) is 41.5. The van der Waals surface area contributed by atoms with Crippen molar-refractivity contribution >= 4 is 21.8 Å². The summed E-state index contributed by atoms with van der Waals surface area (Å²) in [4.78, 5) is 14.4. The van der Waals surface area contributed by atoms with Gasteiger partial charge in [0.15, 0.2) is 17.5 Å². The van der Waals surface area contributed by atoms with Crippen molar-refractivity contribution in [3.63, 3.8) is 0 Å². The molecule has 10 aromatic rings. The van der Waals surface area contributed by atoms with Gasteiger partial charge in [-0.05, 0) is 101 Å². The zero-order valence-corrected chi connectivity index (χ0v) is 41.5. The molecule has 0 unspecified atom stereocenters. The number of benzene rings is 8. The fourth-order valence-corrected chi connectivity index (χ4v) is 8.89. The van der Waals surface area contributed by atoms with Crippen molar-refractivity contribution in [3.05, 3.63) is 216 Å². The highest BCUT2D eigenvalue weighted by atomic mass is 19.4. The van der Waals surface area contributed by atoms with Gasteiger partial charge in [-0.25, -0.2) is 15.0 Å². The molecule has 4 nitrogen and oxygen atoms in total. The number of halogens is 18. The molecular formula is C60H34F18N4. The van der Waals surface area contributed by atoms with Gasteiger partial charge in [0.2, 0.25) is 0 Å². The number of rotatable bonds is 7. The number of nitrogens with zero attached hydrogens (tertiary/aromatic N) is 4. The summed E-state index contributed by atoms with van der Waals surface area (Å²) in [5, 5.41) is 0.446. The molecule has 0 fully saturated rings. The lowest BCUT2D eigenvalue weighted by Gasteiger charge is -2.19. The van der Waals surface area contributed by atoms with Crippen LogP contribution < -0.4 is 0 Å². The SMILES string of the molecule is C=C(C)C(F)(F)F.FC(F)(F)c1ccc(-c2ccc(-c3nc(-c4ccccc4)nc(-c4ccccc4)n3)c(-n3c4cc(-c5ccc(C(F)(F)F)cc5C(F)(F)F)ccc4c4ccc(-c5ccc(C(F)(F)F)cc5C(F)(F)F)cc43)c2)cc1. The number of fused-ring (bicyclic) bond motifs is 3. The van der Waals surface area contributed by atoms with Crippen LogP contribution in [0, 0.1) is 0 Å². The smallest absolute Gasteiger partial charge is 0.308 e. The standard InChI is InChI=1S/C56H29F15N4.C4H5F3/c57-52(58,59)36-16-11-30(12-17-36)33-13-22-43(51-73-49(31-7-3-1-4-8-31)72-50(74-51)32-9-5-2-6-10-32)48(25-33)75-46-26-34(39-23-18-37(53(60,61)62)28-44(39)55(66,67)68)14-20-41(46)42-21-15-35(27-47(42)75)40-24-19-38(54(63,64)65)29-45(40)56(69,70)71;1-3(2)4(5,6)7/h1-29H;1H2,2H3. The van der Waals surface area contributed by atoms with Crippen LogP contribution in [-0.4, -0.2) is 25.7 Å². The van der Waals surface area contributed by atoms with Gasteiger partial charge in [0.1, 0.15) is 0 Å². The van der Waals surface area contributed by atoms with Gasteiger partial charge < -0.3 is 4.57 Å². The number of allylic oxidation sites excluding steroid dienone is 1. The normalized spacial score (nSPS) is 12.6. The average molecular weight is 1150 g/mol. The third-order valence-corrected chi connectivity index (χ3v) is 12.9. The summed E-state index contributed by atoms with van der Waals surface area (Å²) in [7, 11) is 0. The van der Waals surface area contributed by atoms with E-state index in [0.29, 0.717) is 35.4 Å². The maximum Gasteiger partial charge on any atom is 0.417 e. The Morgan fingerprint density at radius 2 is 0.695 bits per heavy atom. The summed E-state index contributed by atoms with van der Waals surface area (Å²) >= 11 is 0. The van der Waals surface area contributed by atoms with E-state index in [1.54, 1.807) is 60.7 Å². The fraction of sp³-hybridized carbons (Fsp3) is 0.117. The molecule has 2 heterocycles. The second-order valence-electron chi connectivity index (χ2n) is 18.4. The van der Waals surface area contributed by atoms with Crippen molar-refractivity contribution in [2.24, 2.45) is 0 Å². The van der Waals surface area contributed by atoms with Gasteiger partial charge in [0, 0.05) is 33.0 Å². The molecule has 0 aliphatic carbocycles. The first-order chi connectivity index (χ1) is 38.3. The van der Waals surface area contributed by atoms with Crippen LogP contribution in [0.4, 0.5) is 79.0 Å². The van der Waals surface area contributed by atoms with E-state index in [1.165, 1.54) is 71.3 Å². The highest BCUT2D eigenvalue weighted by Crippen LogP contribution is 2.47. The Morgan fingerprint density at radius 1 is 0.341 bits per heavy atom. The average Bonchev–Trinajstić information content (AvgIpc) is 2.10. The second kappa shape index (κ2) is 21.2. The molecule has 0 N–H and O–H groups in total. The maximum absolute atomic E-state index is 14.8. The van der Waals surface area contributed by atoms with Crippen molar-refractivity contribution in [1.82, 2.24) is 19.5 Å². The predicted molar refractivity (Wildman–Crippen MR) is 273 cm³/mol. The summed E-state index contributed by atoms with van der Waals surface area (Å²) in [6.45, 7) is 3.63. The Balaban J connectivity index is 0.00000109. The molecule has 420 valence electrons. The van der Waals surface area contributed by atoms with Crippen LogP contribution in [0.1, 0.15) is 34.7 Å². The van der Waals surface area contributed by atoms with Gasteiger partial charge in [0.25, 0.3) is 0 Å². The monoisotopic (exact) mass is 1150 g/mol. The first-order valence-corrected chi connectivity index (χ1v) is 23.9. The first-order valence-electron chi connectivity index (χ1n) is 23.9. The molecule has 0 atom stereocenters. The van der Waals surface area contributed by atoms with Crippen LogP contribution in [0.2, 0.25) is 0 Å². The van der Waals surface area contributed by atoms with Crippen molar-refractivity contribution in [2.45, 2.75) is 44.0 Å². The molecule has 0 aliphatic rings. The van der Waals surface area contributed by atoms with Crippen LogP contribution in [0.15, 0.2) is 188 Å².